The fourth-order valence-electron chi connectivity index (χ4n) is 3.45. The lowest BCUT2D eigenvalue weighted by Gasteiger charge is -2.17. The van der Waals surface area contributed by atoms with Gasteiger partial charge in [-0.2, -0.15) is 0 Å². The van der Waals surface area contributed by atoms with Crippen LogP contribution in [0.2, 0.25) is 0 Å². The van der Waals surface area contributed by atoms with Crippen LogP contribution in [-0.4, -0.2) is 9.55 Å². The molecule has 4 heteroatoms. The zero-order valence-corrected chi connectivity index (χ0v) is 17.0. The van der Waals surface area contributed by atoms with Gasteiger partial charge in [0.1, 0.15) is 0 Å². The van der Waals surface area contributed by atoms with Crippen molar-refractivity contribution >= 4 is 22.7 Å². The first-order valence-corrected chi connectivity index (χ1v) is 10.2. The molecular formula is C24H22N2OS. The van der Waals surface area contributed by atoms with Gasteiger partial charge in [-0.3, -0.25) is 9.36 Å². The van der Waals surface area contributed by atoms with E-state index in [1.807, 2.05) is 54.6 Å². The molecule has 0 saturated heterocycles. The Balaban J connectivity index is 1.92. The third-order valence-corrected chi connectivity index (χ3v) is 5.87. The molecule has 0 saturated carbocycles. The van der Waals surface area contributed by atoms with E-state index in [-0.39, 0.29) is 10.8 Å². The first-order valence-electron chi connectivity index (χ1n) is 9.35. The van der Waals surface area contributed by atoms with E-state index in [1.54, 1.807) is 16.3 Å². The Labute approximate surface area is 169 Å². The lowest BCUT2D eigenvalue weighted by atomic mass is 10.1. The van der Waals surface area contributed by atoms with E-state index < -0.39 is 0 Å². The Morgan fingerprint density at radius 2 is 1.54 bits per heavy atom. The van der Waals surface area contributed by atoms with Gasteiger partial charge in [0.25, 0.3) is 5.56 Å². The van der Waals surface area contributed by atoms with E-state index in [2.05, 4.69) is 39.0 Å². The third kappa shape index (κ3) is 3.60. The highest BCUT2D eigenvalue weighted by molar-refractivity contribution is 7.99. The monoisotopic (exact) mass is 386 g/mol. The zero-order valence-electron chi connectivity index (χ0n) is 16.2. The minimum atomic E-state index is -0.0293. The molecule has 3 aromatic carbocycles. The summed E-state index contributed by atoms with van der Waals surface area (Å²) in [6, 6.07) is 24.1. The van der Waals surface area contributed by atoms with E-state index in [0.29, 0.717) is 10.5 Å². The van der Waals surface area contributed by atoms with Crippen LogP contribution in [-0.2, 0) is 0 Å². The minimum absolute atomic E-state index is 0.0293. The maximum Gasteiger partial charge on any atom is 0.266 e. The average Bonchev–Trinajstić information content (AvgIpc) is 2.68. The lowest BCUT2D eigenvalue weighted by Crippen LogP contribution is -2.22. The van der Waals surface area contributed by atoms with Crippen molar-refractivity contribution in [2.24, 2.45) is 0 Å². The van der Waals surface area contributed by atoms with Crippen molar-refractivity contribution in [2.45, 2.75) is 31.2 Å². The van der Waals surface area contributed by atoms with Gasteiger partial charge in [0.15, 0.2) is 5.16 Å². The molecule has 0 aliphatic heterocycles. The third-order valence-electron chi connectivity index (χ3n) is 4.76. The summed E-state index contributed by atoms with van der Waals surface area (Å²) in [5.74, 6) is 0. The van der Waals surface area contributed by atoms with E-state index in [1.165, 1.54) is 5.56 Å². The number of benzene rings is 3. The van der Waals surface area contributed by atoms with Crippen LogP contribution in [0.25, 0.3) is 16.6 Å². The van der Waals surface area contributed by atoms with Gasteiger partial charge >= 0.3 is 0 Å². The second kappa shape index (κ2) is 7.64. The van der Waals surface area contributed by atoms with Crippen molar-refractivity contribution in [3.63, 3.8) is 0 Å². The number of hydrogen-bond acceptors (Lipinski definition) is 3. The normalized spacial score (nSPS) is 12.2. The summed E-state index contributed by atoms with van der Waals surface area (Å²) in [5.41, 5.74) is 5.03. The van der Waals surface area contributed by atoms with Gasteiger partial charge in [0.2, 0.25) is 0 Å². The van der Waals surface area contributed by atoms with Crippen LogP contribution in [0.5, 0.6) is 0 Å². The van der Waals surface area contributed by atoms with Crippen LogP contribution in [0.15, 0.2) is 82.7 Å². The summed E-state index contributed by atoms with van der Waals surface area (Å²) >= 11 is 1.61. The molecule has 140 valence electrons. The van der Waals surface area contributed by atoms with E-state index in [4.69, 9.17) is 4.98 Å². The van der Waals surface area contributed by atoms with Crippen molar-refractivity contribution in [3.05, 3.63) is 99.8 Å². The smallest absolute Gasteiger partial charge is 0.266 e. The molecular weight excluding hydrogens is 364 g/mol. The van der Waals surface area contributed by atoms with Crippen LogP contribution in [0.3, 0.4) is 0 Å². The first kappa shape index (κ1) is 18.5. The van der Waals surface area contributed by atoms with Gasteiger partial charge in [-0.1, -0.05) is 60.3 Å². The maximum absolute atomic E-state index is 13.4. The molecule has 4 aromatic rings. The molecule has 0 spiro atoms. The van der Waals surface area contributed by atoms with Gasteiger partial charge in [0, 0.05) is 5.25 Å². The Morgan fingerprint density at radius 1 is 0.893 bits per heavy atom. The largest absolute Gasteiger partial charge is 0.268 e. The molecule has 0 aliphatic rings. The quantitative estimate of drug-likeness (QED) is 0.326. The van der Waals surface area contributed by atoms with E-state index >= 15 is 0 Å². The van der Waals surface area contributed by atoms with Crippen LogP contribution in [0.4, 0.5) is 0 Å². The van der Waals surface area contributed by atoms with Crippen LogP contribution < -0.4 is 5.56 Å². The standard InChI is InChI=1S/C24H22N2OS/c1-16-13-17(2)15-20(14-16)26-23(27)21-11-7-8-12-22(21)25-24(26)28-18(3)19-9-5-4-6-10-19/h4-15,18H,1-3H3. The summed E-state index contributed by atoms with van der Waals surface area (Å²) in [5, 5.41) is 1.52. The highest BCUT2D eigenvalue weighted by atomic mass is 32.2. The second-order valence-corrected chi connectivity index (χ2v) is 8.38. The predicted octanol–water partition coefficient (Wildman–Crippen LogP) is 5.86. The number of hydrogen-bond donors (Lipinski definition) is 0. The minimum Gasteiger partial charge on any atom is -0.268 e. The van der Waals surface area contributed by atoms with Gasteiger partial charge in [-0.05, 0) is 61.7 Å². The Hall–Kier alpha value is -2.85. The number of para-hydroxylation sites is 1. The molecule has 3 nitrogen and oxygen atoms in total. The average molecular weight is 387 g/mol. The van der Waals surface area contributed by atoms with Crippen LogP contribution in [0, 0.1) is 13.8 Å². The van der Waals surface area contributed by atoms with Crippen molar-refractivity contribution in [3.8, 4) is 5.69 Å². The summed E-state index contributed by atoms with van der Waals surface area (Å²) < 4.78 is 1.76. The maximum atomic E-state index is 13.4. The Bertz CT molecular complexity index is 1180. The van der Waals surface area contributed by atoms with Crippen molar-refractivity contribution < 1.29 is 0 Å². The number of nitrogens with zero attached hydrogens (tertiary/aromatic N) is 2. The van der Waals surface area contributed by atoms with E-state index in [9.17, 15) is 4.79 Å². The molecule has 0 bridgehead atoms. The molecule has 0 N–H and O–H groups in total. The van der Waals surface area contributed by atoms with Crippen molar-refractivity contribution in [2.75, 3.05) is 0 Å². The molecule has 0 amide bonds. The molecule has 4 rings (SSSR count). The molecule has 1 atom stereocenters. The van der Waals surface area contributed by atoms with E-state index in [0.717, 1.165) is 22.3 Å². The van der Waals surface area contributed by atoms with Gasteiger partial charge in [-0.15, -0.1) is 0 Å². The summed E-state index contributed by atoms with van der Waals surface area (Å²) in [7, 11) is 0. The predicted molar refractivity (Wildman–Crippen MR) is 118 cm³/mol. The molecule has 1 aromatic heterocycles. The highest BCUT2D eigenvalue weighted by Gasteiger charge is 2.17. The summed E-state index contributed by atoms with van der Waals surface area (Å²) in [4.78, 5) is 18.3. The molecule has 28 heavy (non-hydrogen) atoms. The highest BCUT2D eigenvalue weighted by Crippen LogP contribution is 2.34. The van der Waals surface area contributed by atoms with Crippen LogP contribution in [0.1, 0.15) is 28.9 Å². The summed E-state index contributed by atoms with van der Waals surface area (Å²) in [6.45, 7) is 6.25. The molecule has 0 radical (unpaired) electrons. The topological polar surface area (TPSA) is 34.9 Å². The van der Waals surface area contributed by atoms with Crippen molar-refractivity contribution in [1.82, 2.24) is 9.55 Å². The Kier molecular flexibility index (Phi) is 5.05. The summed E-state index contributed by atoms with van der Waals surface area (Å²) in [6.07, 6.45) is 0. The van der Waals surface area contributed by atoms with Crippen molar-refractivity contribution in [1.29, 1.82) is 0 Å². The number of rotatable bonds is 4. The zero-order chi connectivity index (χ0) is 19.7. The SMILES string of the molecule is Cc1cc(C)cc(-n2c(SC(C)c3ccccc3)nc3ccccc3c2=O)c1. The molecule has 1 heterocycles. The molecule has 0 fully saturated rings. The van der Waals surface area contributed by atoms with Crippen LogP contribution >= 0.6 is 11.8 Å². The number of thioether (sulfide) groups is 1. The first-order chi connectivity index (χ1) is 13.5. The lowest BCUT2D eigenvalue weighted by molar-refractivity contribution is 0.813. The van der Waals surface area contributed by atoms with Gasteiger partial charge < -0.3 is 0 Å². The fraction of sp³-hybridized carbons (Fsp3) is 0.167. The van der Waals surface area contributed by atoms with Gasteiger partial charge in [0.05, 0.1) is 16.6 Å². The molecule has 1 unspecified atom stereocenters. The molecule has 0 aliphatic carbocycles. The van der Waals surface area contributed by atoms with Gasteiger partial charge in [-0.25, -0.2) is 4.98 Å². The Morgan fingerprint density at radius 3 is 2.25 bits per heavy atom. The number of fused-ring (bicyclic) bond motifs is 1. The second-order valence-electron chi connectivity index (χ2n) is 7.07. The number of aromatic nitrogens is 2. The number of aryl methyl sites for hydroxylation is 2. The fourth-order valence-corrected chi connectivity index (χ4v) is 4.50.